The van der Waals surface area contributed by atoms with E-state index < -0.39 is 15.6 Å². The molecule has 1 saturated heterocycles. The fourth-order valence-electron chi connectivity index (χ4n) is 2.66. The molecule has 0 aliphatic carbocycles. The van der Waals surface area contributed by atoms with E-state index in [2.05, 4.69) is 4.90 Å². The molecule has 0 bridgehead atoms. The molecule has 0 spiro atoms. The van der Waals surface area contributed by atoms with Crippen LogP contribution in [0.4, 0.5) is 0 Å². The normalized spacial score (nSPS) is 18.9. The van der Waals surface area contributed by atoms with Gasteiger partial charge in [0.15, 0.2) is 0 Å². The molecular weight excluding hydrogens is 288 g/mol. The summed E-state index contributed by atoms with van der Waals surface area (Å²) in [6, 6.07) is 7.07. The van der Waals surface area contributed by atoms with Crippen LogP contribution in [0.25, 0.3) is 0 Å². The molecule has 0 saturated carbocycles. The Labute approximate surface area is 127 Å². The van der Waals surface area contributed by atoms with Crippen LogP contribution in [0.2, 0.25) is 0 Å². The van der Waals surface area contributed by atoms with Crippen LogP contribution in [-0.2, 0) is 10.0 Å². The predicted octanol–water partition coefficient (Wildman–Crippen LogP) is 1.07. The van der Waals surface area contributed by atoms with E-state index in [9.17, 15) is 13.5 Å². The quantitative estimate of drug-likeness (QED) is 0.903. The fourth-order valence-corrected chi connectivity index (χ4v) is 4.31. The van der Waals surface area contributed by atoms with E-state index in [0.29, 0.717) is 37.6 Å². The number of sulfonamides is 1. The van der Waals surface area contributed by atoms with E-state index in [-0.39, 0.29) is 0 Å². The topological polar surface area (TPSA) is 60.9 Å². The standard InChI is InChI=1S/C15H24N2O3S/c1-13-6-4-5-7-14(13)21(19,20)17-10-8-16(9-11-17)12-15(2,3)18/h4-7,18H,8-12H2,1-3H3. The third-order valence-electron chi connectivity index (χ3n) is 3.65. The van der Waals surface area contributed by atoms with Crippen molar-refractivity contribution in [1.82, 2.24) is 9.21 Å². The largest absolute Gasteiger partial charge is 0.389 e. The van der Waals surface area contributed by atoms with Gasteiger partial charge in [0.2, 0.25) is 10.0 Å². The van der Waals surface area contributed by atoms with Crippen molar-refractivity contribution < 1.29 is 13.5 Å². The minimum absolute atomic E-state index is 0.390. The van der Waals surface area contributed by atoms with E-state index >= 15 is 0 Å². The first kappa shape index (κ1) is 16.4. The second kappa shape index (κ2) is 6.04. The van der Waals surface area contributed by atoms with E-state index in [0.717, 1.165) is 5.56 Å². The summed E-state index contributed by atoms with van der Waals surface area (Å²) in [5, 5.41) is 9.84. The van der Waals surface area contributed by atoms with Crippen molar-refractivity contribution in [3.8, 4) is 0 Å². The average Bonchev–Trinajstić information content (AvgIpc) is 2.37. The molecule has 1 heterocycles. The van der Waals surface area contributed by atoms with Gasteiger partial charge in [-0.2, -0.15) is 4.31 Å². The lowest BCUT2D eigenvalue weighted by Crippen LogP contribution is -2.51. The number of hydrogen-bond acceptors (Lipinski definition) is 4. The van der Waals surface area contributed by atoms with Gasteiger partial charge in [-0.05, 0) is 32.4 Å². The second-order valence-electron chi connectivity index (χ2n) is 6.26. The summed E-state index contributed by atoms with van der Waals surface area (Å²) >= 11 is 0. The van der Waals surface area contributed by atoms with Gasteiger partial charge in [0, 0.05) is 32.7 Å². The maximum absolute atomic E-state index is 12.7. The molecular formula is C15H24N2O3S. The molecule has 0 aromatic heterocycles. The Hall–Kier alpha value is -0.950. The third kappa shape index (κ3) is 4.03. The summed E-state index contributed by atoms with van der Waals surface area (Å²) in [6.07, 6.45) is 0. The van der Waals surface area contributed by atoms with Crippen molar-refractivity contribution in [3.05, 3.63) is 29.8 Å². The molecule has 0 unspecified atom stereocenters. The molecule has 0 radical (unpaired) electrons. The summed E-state index contributed by atoms with van der Waals surface area (Å²) in [4.78, 5) is 2.49. The van der Waals surface area contributed by atoms with Crippen LogP contribution in [0.15, 0.2) is 29.2 Å². The smallest absolute Gasteiger partial charge is 0.243 e. The van der Waals surface area contributed by atoms with Gasteiger partial charge in [-0.3, -0.25) is 4.90 Å². The maximum Gasteiger partial charge on any atom is 0.243 e. The highest BCUT2D eigenvalue weighted by molar-refractivity contribution is 7.89. The minimum atomic E-state index is -3.42. The highest BCUT2D eigenvalue weighted by Crippen LogP contribution is 2.21. The van der Waals surface area contributed by atoms with Crippen LogP contribution in [-0.4, -0.2) is 61.1 Å². The molecule has 2 rings (SSSR count). The fraction of sp³-hybridized carbons (Fsp3) is 0.600. The van der Waals surface area contributed by atoms with Crippen LogP contribution >= 0.6 is 0 Å². The molecule has 21 heavy (non-hydrogen) atoms. The molecule has 0 atom stereocenters. The molecule has 1 aromatic carbocycles. The van der Waals surface area contributed by atoms with Crippen molar-refractivity contribution in [2.75, 3.05) is 32.7 Å². The summed E-state index contributed by atoms with van der Waals surface area (Å²) in [5.74, 6) is 0. The predicted molar refractivity (Wildman–Crippen MR) is 82.7 cm³/mol. The zero-order chi connectivity index (χ0) is 15.7. The molecule has 1 N–H and O–H groups in total. The Morgan fingerprint density at radius 2 is 1.71 bits per heavy atom. The Bertz CT molecular complexity index is 585. The number of piperazine rings is 1. The SMILES string of the molecule is Cc1ccccc1S(=O)(=O)N1CCN(CC(C)(C)O)CC1. The van der Waals surface area contributed by atoms with Crippen LogP contribution in [0.3, 0.4) is 0 Å². The lowest BCUT2D eigenvalue weighted by Gasteiger charge is -2.36. The first-order chi connectivity index (χ1) is 9.70. The molecule has 0 amide bonds. The summed E-state index contributed by atoms with van der Waals surface area (Å²) < 4.78 is 26.9. The number of benzene rings is 1. The van der Waals surface area contributed by atoms with Crippen molar-refractivity contribution in [2.45, 2.75) is 31.3 Å². The van der Waals surface area contributed by atoms with Gasteiger partial charge >= 0.3 is 0 Å². The molecule has 6 heteroatoms. The van der Waals surface area contributed by atoms with Crippen molar-refractivity contribution in [3.63, 3.8) is 0 Å². The molecule has 1 fully saturated rings. The maximum atomic E-state index is 12.7. The number of aliphatic hydroxyl groups is 1. The van der Waals surface area contributed by atoms with E-state index in [1.165, 1.54) is 4.31 Å². The highest BCUT2D eigenvalue weighted by atomic mass is 32.2. The zero-order valence-electron chi connectivity index (χ0n) is 12.9. The van der Waals surface area contributed by atoms with Crippen molar-refractivity contribution >= 4 is 10.0 Å². The van der Waals surface area contributed by atoms with Gasteiger partial charge in [0.25, 0.3) is 0 Å². The molecule has 1 aliphatic heterocycles. The monoisotopic (exact) mass is 312 g/mol. The number of nitrogens with zero attached hydrogens (tertiary/aromatic N) is 2. The Morgan fingerprint density at radius 1 is 1.14 bits per heavy atom. The Kier molecular flexibility index (Phi) is 4.72. The van der Waals surface area contributed by atoms with Crippen LogP contribution in [0.5, 0.6) is 0 Å². The lowest BCUT2D eigenvalue weighted by molar-refractivity contribution is 0.0263. The Morgan fingerprint density at radius 3 is 2.24 bits per heavy atom. The van der Waals surface area contributed by atoms with Crippen LogP contribution in [0, 0.1) is 6.92 Å². The number of β-amino-alcohol motifs (C(OH)–C–C–N with tert-alkyl or cyclic N) is 1. The third-order valence-corrected chi connectivity index (χ3v) is 5.71. The first-order valence-electron chi connectivity index (χ1n) is 7.21. The number of rotatable bonds is 4. The highest BCUT2D eigenvalue weighted by Gasteiger charge is 2.30. The van der Waals surface area contributed by atoms with E-state index in [1.807, 2.05) is 19.1 Å². The molecule has 1 aliphatic rings. The van der Waals surface area contributed by atoms with E-state index in [4.69, 9.17) is 0 Å². The number of hydrogen-bond donors (Lipinski definition) is 1. The Balaban J connectivity index is 2.07. The average molecular weight is 312 g/mol. The second-order valence-corrected chi connectivity index (χ2v) is 8.16. The molecule has 1 aromatic rings. The van der Waals surface area contributed by atoms with Gasteiger partial charge < -0.3 is 5.11 Å². The van der Waals surface area contributed by atoms with Gasteiger partial charge in [-0.25, -0.2) is 8.42 Å². The van der Waals surface area contributed by atoms with E-state index in [1.54, 1.807) is 26.0 Å². The van der Waals surface area contributed by atoms with Crippen LogP contribution < -0.4 is 0 Å². The van der Waals surface area contributed by atoms with Crippen LogP contribution in [0.1, 0.15) is 19.4 Å². The van der Waals surface area contributed by atoms with Gasteiger partial charge in [-0.15, -0.1) is 0 Å². The van der Waals surface area contributed by atoms with Crippen molar-refractivity contribution in [2.24, 2.45) is 0 Å². The number of aryl methyl sites for hydroxylation is 1. The van der Waals surface area contributed by atoms with Crippen molar-refractivity contribution in [1.29, 1.82) is 0 Å². The molecule has 118 valence electrons. The van der Waals surface area contributed by atoms with Gasteiger partial charge in [0.1, 0.15) is 0 Å². The molecule has 5 nitrogen and oxygen atoms in total. The summed E-state index contributed by atoms with van der Waals surface area (Å²) in [5.41, 5.74) is 0.0216. The van der Waals surface area contributed by atoms with Gasteiger partial charge in [-0.1, -0.05) is 18.2 Å². The minimum Gasteiger partial charge on any atom is -0.389 e. The summed E-state index contributed by atoms with van der Waals surface area (Å²) in [6.45, 7) is 8.14. The summed E-state index contributed by atoms with van der Waals surface area (Å²) in [7, 11) is -3.42. The van der Waals surface area contributed by atoms with Gasteiger partial charge in [0.05, 0.1) is 10.5 Å². The first-order valence-corrected chi connectivity index (χ1v) is 8.65. The lowest BCUT2D eigenvalue weighted by atomic mass is 10.1. The zero-order valence-corrected chi connectivity index (χ0v) is 13.7.